The molecule has 5 rings (SSSR count). The highest BCUT2D eigenvalue weighted by atomic mass is 16.3. The van der Waals surface area contributed by atoms with Gasteiger partial charge in [-0.25, -0.2) is 0 Å². The number of fused-ring (bicyclic) bond motifs is 3. The molecule has 0 saturated heterocycles. The van der Waals surface area contributed by atoms with Crippen LogP contribution >= 0.6 is 0 Å². The van der Waals surface area contributed by atoms with Crippen LogP contribution in [0.5, 0.6) is 5.75 Å². The van der Waals surface area contributed by atoms with Gasteiger partial charge < -0.3 is 41.3 Å². The van der Waals surface area contributed by atoms with Crippen LogP contribution in [0.2, 0.25) is 0 Å². The Kier molecular flexibility index (Phi) is 8.70. The van der Waals surface area contributed by atoms with Gasteiger partial charge >= 0.3 is 0 Å². The molecule has 0 aromatic heterocycles. The summed E-state index contributed by atoms with van der Waals surface area (Å²) in [6.45, 7) is 2.80. The summed E-state index contributed by atoms with van der Waals surface area (Å²) >= 11 is 0. The number of rotatable bonds is 8. The molecule has 0 aliphatic heterocycles. The third kappa shape index (κ3) is 5.22. The molecule has 3 aliphatic carbocycles. The van der Waals surface area contributed by atoms with Crippen LogP contribution in [0.1, 0.15) is 39.6 Å². The third-order valence-electron chi connectivity index (χ3n) is 9.87. The van der Waals surface area contributed by atoms with Crippen LogP contribution in [-0.4, -0.2) is 121 Å². The zero-order chi connectivity index (χ0) is 35.6. The maximum absolute atomic E-state index is 14.6. The molecule has 0 unspecified atom stereocenters. The number of Topliss-reactive ketones (excluding diaryl/α,β-unsaturated/α-hetero) is 2. The number of benzene rings is 2. The van der Waals surface area contributed by atoms with Gasteiger partial charge in [0.25, 0.3) is 11.8 Å². The van der Waals surface area contributed by atoms with Crippen molar-refractivity contribution in [2.75, 3.05) is 60.3 Å². The molecule has 0 fully saturated rings. The summed E-state index contributed by atoms with van der Waals surface area (Å²) in [5, 5.41) is 49.5. The molecule has 7 N–H and O–H groups in total. The topological polar surface area (TPSA) is 197 Å². The first-order chi connectivity index (χ1) is 22.4. The summed E-state index contributed by atoms with van der Waals surface area (Å²) in [4.78, 5) is 58.7. The van der Waals surface area contributed by atoms with Gasteiger partial charge in [0.15, 0.2) is 11.4 Å². The van der Waals surface area contributed by atoms with Crippen LogP contribution < -0.4 is 16.0 Å². The van der Waals surface area contributed by atoms with Gasteiger partial charge in [-0.3, -0.25) is 24.1 Å². The van der Waals surface area contributed by atoms with Gasteiger partial charge in [-0.1, -0.05) is 19.1 Å². The van der Waals surface area contributed by atoms with Crippen LogP contribution in [0.3, 0.4) is 0 Å². The first-order valence-corrected chi connectivity index (χ1v) is 15.6. The Bertz CT molecular complexity index is 1810. The molecule has 48 heavy (non-hydrogen) atoms. The quantitative estimate of drug-likeness (QED) is 0.225. The average Bonchev–Trinajstić information content (AvgIpc) is 2.98. The van der Waals surface area contributed by atoms with Gasteiger partial charge in [0.2, 0.25) is 5.78 Å². The minimum Gasteiger partial charge on any atom is -0.510 e. The van der Waals surface area contributed by atoms with E-state index in [-0.39, 0.29) is 35.4 Å². The molecule has 13 heteroatoms. The number of aliphatic hydroxyl groups is 3. The number of nitrogens with two attached hydrogens (primary N) is 1. The van der Waals surface area contributed by atoms with Gasteiger partial charge in [0, 0.05) is 60.9 Å². The van der Waals surface area contributed by atoms with Crippen molar-refractivity contribution >= 4 is 29.1 Å². The number of carbonyl (C=O) groups is 4. The van der Waals surface area contributed by atoms with Crippen LogP contribution in [0, 0.1) is 11.3 Å². The van der Waals surface area contributed by atoms with Gasteiger partial charge in [-0.15, -0.1) is 0 Å². The fourth-order valence-electron chi connectivity index (χ4n) is 7.61. The van der Waals surface area contributed by atoms with Gasteiger partial charge in [-0.05, 0) is 70.4 Å². The van der Waals surface area contributed by atoms with Crippen molar-refractivity contribution in [3.05, 3.63) is 69.7 Å². The molecule has 0 saturated carbocycles. The minimum atomic E-state index is -2.75. The molecule has 0 heterocycles. The molecule has 0 bridgehead atoms. The Hall–Kier alpha value is -4.72. The SMILES string of the molecule is CN(C)CCNC(=O)c1cccc(-c2cc(N(C)C)c3c(c2O)C(=O)C2=C(O)[C@]4(O)C(=O)C(C(N)=O)=C(O)[C@@H](N(C)C)[C@@H]4C[C@]2(C)C3)c1. The van der Waals surface area contributed by atoms with E-state index < -0.39 is 63.3 Å². The summed E-state index contributed by atoms with van der Waals surface area (Å²) in [6.07, 6.45) is 0.0797. The summed E-state index contributed by atoms with van der Waals surface area (Å²) in [5.74, 6) is -6.78. The molecule has 13 nitrogen and oxygen atoms in total. The van der Waals surface area contributed by atoms with Gasteiger partial charge in [0.1, 0.15) is 22.8 Å². The Morgan fingerprint density at radius 2 is 1.71 bits per heavy atom. The number of phenolic OH excluding ortho intramolecular Hbond substituents is 1. The van der Waals surface area contributed by atoms with Gasteiger partial charge in [-0.2, -0.15) is 0 Å². The van der Waals surface area contributed by atoms with E-state index in [9.17, 15) is 39.6 Å². The summed E-state index contributed by atoms with van der Waals surface area (Å²) in [6, 6.07) is 7.27. The summed E-state index contributed by atoms with van der Waals surface area (Å²) in [7, 11) is 10.5. The number of phenols is 1. The van der Waals surface area contributed by atoms with Crippen LogP contribution in [0.25, 0.3) is 11.1 Å². The molecule has 256 valence electrons. The van der Waals surface area contributed by atoms with Crippen molar-refractivity contribution in [3.8, 4) is 16.9 Å². The fourth-order valence-corrected chi connectivity index (χ4v) is 7.61. The maximum Gasteiger partial charge on any atom is 0.255 e. The Balaban J connectivity index is 1.69. The van der Waals surface area contributed by atoms with Crippen LogP contribution in [0.4, 0.5) is 5.69 Å². The van der Waals surface area contributed by atoms with E-state index >= 15 is 0 Å². The van der Waals surface area contributed by atoms with Crippen molar-refractivity contribution < 1.29 is 39.6 Å². The van der Waals surface area contributed by atoms with Crippen molar-refractivity contribution in [2.45, 2.75) is 31.4 Å². The average molecular weight is 662 g/mol. The predicted molar refractivity (Wildman–Crippen MR) is 179 cm³/mol. The number of ketones is 2. The number of carbonyl (C=O) groups excluding carboxylic acids is 4. The normalized spacial score (nSPS) is 25.2. The van der Waals surface area contributed by atoms with E-state index in [0.717, 1.165) is 0 Å². The summed E-state index contributed by atoms with van der Waals surface area (Å²) in [5.41, 5.74) is 2.48. The number of hydrogen-bond acceptors (Lipinski definition) is 11. The zero-order valence-corrected chi connectivity index (χ0v) is 28.2. The molecule has 0 radical (unpaired) electrons. The highest BCUT2D eigenvalue weighted by Gasteiger charge is 2.65. The molecule has 2 amide bonds. The fraction of sp³-hybridized carbons (Fsp3) is 0.429. The second-order valence-electron chi connectivity index (χ2n) is 13.9. The number of nitrogens with zero attached hydrogens (tertiary/aromatic N) is 3. The van der Waals surface area contributed by atoms with Crippen molar-refractivity contribution in [3.63, 3.8) is 0 Å². The van der Waals surface area contributed by atoms with E-state index in [0.29, 0.717) is 35.5 Å². The molecular weight excluding hydrogens is 618 g/mol. The number of anilines is 1. The molecule has 4 atom stereocenters. The van der Waals surface area contributed by atoms with Crippen molar-refractivity contribution in [1.82, 2.24) is 15.1 Å². The lowest BCUT2D eigenvalue weighted by Gasteiger charge is -2.53. The van der Waals surface area contributed by atoms with E-state index in [1.807, 2.05) is 19.0 Å². The standard InChI is InChI=1S/C35H43N5O8/c1-34-15-20-22(39(4)5)14-19(17-9-8-10-18(13-17)33(47)37-11-12-38(2)3)27(41)23(20)28(42)25(34)31(45)35(48)21(16-34)26(40(6)7)29(43)24(30(35)44)32(36)46/h8-10,13-14,21,26,41,43,45,48H,11-12,15-16H2,1-7H3,(H2,36,46)(H,37,47)/t21-,26-,34-,35+/m0/s1. The molecular formula is C35H43N5O8. The second kappa shape index (κ2) is 12.1. The molecule has 0 spiro atoms. The Morgan fingerprint density at radius 3 is 2.29 bits per heavy atom. The number of primary amides is 1. The summed E-state index contributed by atoms with van der Waals surface area (Å²) < 4.78 is 0. The highest BCUT2D eigenvalue weighted by Crippen LogP contribution is 2.59. The number of aromatic hydroxyl groups is 1. The van der Waals surface area contributed by atoms with Crippen LogP contribution in [-0.2, 0) is 16.0 Å². The van der Waals surface area contributed by atoms with Crippen molar-refractivity contribution in [2.24, 2.45) is 17.1 Å². The number of nitrogens with one attached hydrogen (secondary N) is 1. The number of aliphatic hydroxyl groups excluding tert-OH is 2. The van der Waals surface area contributed by atoms with E-state index in [1.165, 1.54) is 4.90 Å². The number of allylic oxidation sites excluding steroid dienone is 1. The second-order valence-corrected chi connectivity index (χ2v) is 13.9. The monoisotopic (exact) mass is 661 g/mol. The minimum absolute atomic E-state index is 0.0425. The maximum atomic E-state index is 14.6. The lowest BCUT2D eigenvalue weighted by molar-refractivity contribution is -0.150. The smallest absolute Gasteiger partial charge is 0.255 e. The lowest BCUT2D eigenvalue weighted by atomic mass is 9.53. The largest absolute Gasteiger partial charge is 0.510 e. The highest BCUT2D eigenvalue weighted by molar-refractivity contribution is 6.25. The Morgan fingerprint density at radius 1 is 1.04 bits per heavy atom. The predicted octanol–water partition coefficient (Wildman–Crippen LogP) is 1.54. The van der Waals surface area contributed by atoms with Gasteiger partial charge in [0.05, 0.1) is 11.6 Å². The number of amides is 2. The molecule has 2 aromatic rings. The van der Waals surface area contributed by atoms with Crippen molar-refractivity contribution in [1.29, 1.82) is 0 Å². The number of likely N-dealkylation sites (N-methyl/N-ethyl adjacent to an activating group) is 2. The zero-order valence-electron chi connectivity index (χ0n) is 28.2. The first-order valence-electron chi connectivity index (χ1n) is 15.6. The number of hydrogen-bond donors (Lipinski definition) is 6. The van der Waals surface area contributed by atoms with E-state index in [4.69, 9.17) is 5.73 Å². The lowest BCUT2D eigenvalue weighted by Crippen LogP contribution is -2.65. The third-order valence-corrected chi connectivity index (χ3v) is 9.87. The van der Waals surface area contributed by atoms with Crippen LogP contribution in [0.15, 0.2) is 53.0 Å². The molecule has 3 aliphatic rings. The first kappa shape index (κ1) is 34.6. The molecule has 2 aromatic carbocycles. The Labute approximate surface area is 278 Å². The van der Waals surface area contributed by atoms with E-state index in [1.54, 1.807) is 70.3 Å². The van der Waals surface area contributed by atoms with E-state index in [2.05, 4.69) is 5.32 Å².